The molecule has 0 bridgehead atoms. The Morgan fingerprint density at radius 3 is 2.44 bits per heavy atom. The van der Waals surface area contributed by atoms with Crippen molar-refractivity contribution in [3.8, 4) is 0 Å². The monoisotopic (exact) mass is 400 g/mol. The molecule has 1 unspecified atom stereocenters. The summed E-state index contributed by atoms with van der Waals surface area (Å²) in [6.45, 7) is 7.88. The molecule has 0 aliphatic heterocycles. The zero-order valence-corrected chi connectivity index (χ0v) is 17.4. The van der Waals surface area contributed by atoms with E-state index < -0.39 is 13.3 Å². The summed E-state index contributed by atoms with van der Waals surface area (Å²) in [5.41, 5.74) is 1.13. The van der Waals surface area contributed by atoms with E-state index in [1.165, 1.54) is 18.4 Å². The lowest BCUT2D eigenvalue weighted by atomic mass is 9.94. The van der Waals surface area contributed by atoms with Gasteiger partial charge in [0, 0.05) is 22.3 Å². The first-order valence-corrected chi connectivity index (χ1v) is 10.8. The summed E-state index contributed by atoms with van der Waals surface area (Å²) in [7, 11) is -1.86. The van der Waals surface area contributed by atoms with E-state index in [0.29, 0.717) is 15.9 Å². The van der Waals surface area contributed by atoms with Gasteiger partial charge in [-0.15, -0.1) is 11.3 Å². The standard InChI is InChI=1S/C18H22ClO4PS/c1-11-8-13(19)6-7-14(11)24(22,23-5)10-12-9-15(18(2,3)4)25-16(12)17(20)21/h6-9H,10H2,1-5H3,(H,20,21). The van der Waals surface area contributed by atoms with Crippen LogP contribution in [-0.2, 0) is 20.7 Å². The highest BCUT2D eigenvalue weighted by Crippen LogP contribution is 2.51. The van der Waals surface area contributed by atoms with Crippen molar-refractivity contribution in [3.05, 3.63) is 50.2 Å². The molecule has 1 atom stereocenters. The van der Waals surface area contributed by atoms with Crippen molar-refractivity contribution < 1.29 is 19.0 Å². The summed E-state index contributed by atoms with van der Waals surface area (Å²) in [4.78, 5) is 12.8. The number of aryl methyl sites for hydroxylation is 1. The summed E-state index contributed by atoms with van der Waals surface area (Å²) < 4.78 is 18.9. The van der Waals surface area contributed by atoms with E-state index in [4.69, 9.17) is 16.1 Å². The van der Waals surface area contributed by atoms with Crippen molar-refractivity contribution in [1.82, 2.24) is 0 Å². The van der Waals surface area contributed by atoms with Crippen LogP contribution in [-0.4, -0.2) is 18.2 Å². The molecule has 1 heterocycles. The first kappa shape index (κ1) is 20.2. The summed E-state index contributed by atoms with van der Waals surface area (Å²) in [5, 5.41) is 10.7. The second kappa shape index (κ2) is 7.24. The molecular weight excluding hydrogens is 379 g/mol. The molecule has 1 aromatic carbocycles. The number of benzene rings is 1. The zero-order valence-electron chi connectivity index (χ0n) is 14.9. The van der Waals surface area contributed by atoms with E-state index in [-0.39, 0.29) is 16.5 Å². The highest BCUT2D eigenvalue weighted by Gasteiger charge is 2.31. The normalized spacial score (nSPS) is 14.3. The van der Waals surface area contributed by atoms with Crippen LogP contribution >= 0.6 is 30.3 Å². The molecule has 4 nitrogen and oxygen atoms in total. The summed E-state index contributed by atoms with van der Waals surface area (Å²) >= 11 is 7.21. The second-order valence-corrected chi connectivity index (χ2v) is 11.0. The van der Waals surface area contributed by atoms with Gasteiger partial charge in [0.15, 0.2) is 0 Å². The lowest BCUT2D eigenvalue weighted by Gasteiger charge is -2.19. The van der Waals surface area contributed by atoms with Crippen LogP contribution in [0.3, 0.4) is 0 Å². The first-order valence-electron chi connectivity index (χ1n) is 7.76. The lowest BCUT2D eigenvalue weighted by Crippen LogP contribution is -2.13. The number of carboxylic acids is 1. The van der Waals surface area contributed by atoms with E-state index in [2.05, 4.69) is 0 Å². The van der Waals surface area contributed by atoms with Gasteiger partial charge in [-0.1, -0.05) is 32.4 Å². The van der Waals surface area contributed by atoms with Crippen LogP contribution in [0.2, 0.25) is 5.02 Å². The molecule has 2 rings (SSSR count). The van der Waals surface area contributed by atoms with Crippen LogP contribution in [0.1, 0.15) is 46.4 Å². The second-order valence-electron chi connectivity index (χ2n) is 6.97. The number of thiophene rings is 1. The molecular formula is C18H22ClO4PS. The molecule has 0 saturated carbocycles. The van der Waals surface area contributed by atoms with Gasteiger partial charge < -0.3 is 9.63 Å². The minimum Gasteiger partial charge on any atom is -0.477 e. The van der Waals surface area contributed by atoms with Crippen molar-refractivity contribution in [2.24, 2.45) is 0 Å². The maximum atomic E-state index is 13.5. The number of hydrogen-bond acceptors (Lipinski definition) is 4. The molecule has 0 amide bonds. The molecule has 0 aliphatic rings. The van der Waals surface area contributed by atoms with Crippen molar-refractivity contribution >= 4 is 41.6 Å². The number of rotatable bonds is 5. The highest BCUT2D eigenvalue weighted by atomic mass is 35.5. The Labute approximate surface area is 157 Å². The minimum atomic E-state index is -3.25. The number of halogens is 1. The van der Waals surface area contributed by atoms with E-state index in [1.54, 1.807) is 18.2 Å². The maximum absolute atomic E-state index is 13.5. The Morgan fingerprint density at radius 1 is 1.32 bits per heavy atom. The van der Waals surface area contributed by atoms with Crippen LogP contribution < -0.4 is 5.30 Å². The van der Waals surface area contributed by atoms with E-state index in [9.17, 15) is 14.5 Å². The topological polar surface area (TPSA) is 63.6 Å². The van der Waals surface area contributed by atoms with Crippen LogP contribution in [0.5, 0.6) is 0 Å². The van der Waals surface area contributed by atoms with Gasteiger partial charge in [0.05, 0.1) is 6.16 Å². The highest BCUT2D eigenvalue weighted by molar-refractivity contribution is 7.66. The number of carboxylic acid groups (broad SMARTS) is 1. The number of aromatic carboxylic acids is 1. The number of carbonyl (C=O) groups is 1. The maximum Gasteiger partial charge on any atom is 0.346 e. The third kappa shape index (κ3) is 4.35. The Bertz CT molecular complexity index is 851. The van der Waals surface area contributed by atoms with Crippen molar-refractivity contribution in [1.29, 1.82) is 0 Å². The first-order chi connectivity index (χ1) is 11.5. The summed E-state index contributed by atoms with van der Waals surface area (Å²) in [6.07, 6.45) is 0.0419. The molecule has 1 aromatic heterocycles. The van der Waals surface area contributed by atoms with Crippen molar-refractivity contribution in [2.75, 3.05) is 7.11 Å². The quantitative estimate of drug-likeness (QED) is 0.677. The average molecular weight is 401 g/mol. The molecule has 0 aliphatic carbocycles. The molecule has 0 radical (unpaired) electrons. The Balaban J connectivity index is 2.53. The van der Waals surface area contributed by atoms with Crippen LogP contribution in [0.4, 0.5) is 0 Å². The minimum absolute atomic E-state index is 0.0419. The number of hydrogen-bond donors (Lipinski definition) is 1. The fourth-order valence-electron chi connectivity index (χ4n) is 2.57. The molecule has 7 heteroatoms. The molecule has 136 valence electrons. The Kier molecular flexibility index (Phi) is 5.85. The Hall–Kier alpha value is -1.13. The van der Waals surface area contributed by atoms with Gasteiger partial charge >= 0.3 is 5.97 Å². The van der Waals surface area contributed by atoms with Gasteiger partial charge in [-0.05, 0) is 47.7 Å². The molecule has 1 N–H and O–H groups in total. The SMILES string of the molecule is COP(=O)(Cc1cc(C(C)(C)C)sc1C(=O)O)c1ccc(Cl)cc1C. The lowest BCUT2D eigenvalue weighted by molar-refractivity contribution is 0.0701. The Morgan fingerprint density at radius 2 is 1.96 bits per heavy atom. The molecule has 0 saturated heterocycles. The predicted octanol–water partition coefficient (Wildman–Crippen LogP) is 5.46. The van der Waals surface area contributed by atoms with E-state index in [1.807, 2.05) is 33.8 Å². The fourth-order valence-corrected chi connectivity index (χ4v) is 6.08. The van der Waals surface area contributed by atoms with Gasteiger partial charge in [-0.25, -0.2) is 4.79 Å². The zero-order chi connectivity index (χ0) is 19.0. The summed E-state index contributed by atoms with van der Waals surface area (Å²) in [6, 6.07) is 6.93. The third-order valence-electron chi connectivity index (χ3n) is 3.94. The molecule has 25 heavy (non-hydrogen) atoms. The van der Waals surface area contributed by atoms with Crippen LogP contribution in [0.15, 0.2) is 24.3 Å². The molecule has 2 aromatic rings. The predicted molar refractivity (Wildman–Crippen MR) is 104 cm³/mol. The largest absolute Gasteiger partial charge is 0.477 e. The molecule has 0 spiro atoms. The molecule has 0 fully saturated rings. The van der Waals surface area contributed by atoms with Crippen LogP contribution in [0, 0.1) is 6.92 Å². The van der Waals surface area contributed by atoms with E-state index >= 15 is 0 Å². The van der Waals surface area contributed by atoms with Crippen LogP contribution in [0.25, 0.3) is 0 Å². The van der Waals surface area contributed by atoms with Crippen molar-refractivity contribution in [3.63, 3.8) is 0 Å². The summed E-state index contributed by atoms with van der Waals surface area (Å²) in [5.74, 6) is -1.01. The smallest absolute Gasteiger partial charge is 0.346 e. The third-order valence-corrected chi connectivity index (χ3v) is 8.35. The fraction of sp³-hybridized carbons (Fsp3) is 0.389. The van der Waals surface area contributed by atoms with Gasteiger partial charge in [0.25, 0.3) is 0 Å². The van der Waals surface area contributed by atoms with Crippen molar-refractivity contribution in [2.45, 2.75) is 39.3 Å². The van der Waals surface area contributed by atoms with Gasteiger partial charge in [0.2, 0.25) is 7.37 Å². The van der Waals surface area contributed by atoms with E-state index in [0.717, 1.165) is 10.4 Å². The van der Waals surface area contributed by atoms with Gasteiger partial charge in [0.1, 0.15) is 4.88 Å². The van der Waals surface area contributed by atoms with Gasteiger partial charge in [-0.2, -0.15) is 0 Å². The van der Waals surface area contributed by atoms with Gasteiger partial charge in [-0.3, -0.25) is 4.57 Å². The average Bonchev–Trinajstić information content (AvgIpc) is 2.91.